The van der Waals surface area contributed by atoms with Crippen molar-refractivity contribution in [2.75, 3.05) is 19.5 Å². The maximum atomic E-state index is 14.1. The van der Waals surface area contributed by atoms with E-state index in [2.05, 4.69) is 15.4 Å². The molecule has 0 bridgehead atoms. The summed E-state index contributed by atoms with van der Waals surface area (Å²) in [6, 6.07) is 11.7. The molecule has 0 aliphatic carbocycles. The largest absolute Gasteiger partial charge is 0.497 e. The van der Waals surface area contributed by atoms with Gasteiger partial charge in [-0.25, -0.2) is 14.1 Å². The molecule has 0 aliphatic rings. The Morgan fingerprint density at radius 3 is 2.71 bits per heavy atom. The Bertz CT molecular complexity index is 1250. The molecule has 9 heteroatoms. The zero-order valence-electron chi connectivity index (χ0n) is 17.0. The number of para-hydroxylation sites is 1. The molecular weight excluding hydrogens is 419 g/mol. The number of benzene rings is 2. The Kier molecular flexibility index (Phi) is 5.68. The third-order valence-electron chi connectivity index (χ3n) is 4.74. The number of nitrogens with zero attached hydrogens (tertiary/aromatic N) is 3. The lowest BCUT2D eigenvalue weighted by Gasteiger charge is -2.08. The van der Waals surface area contributed by atoms with E-state index in [4.69, 9.17) is 9.47 Å². The first-order valence-electron chi connectivity index (χ1n) is 9.30. The van der Waals surface area contributed by atoms with Gasteiger partial charge in [0.05, 0.1) is 37.4 Å². The van der Waals surface area contributed by atoms with Crippen molar-refractivity contribution in [3.63, 3.8) is 0 Å². The Balaban J connectivity index is 1.58. The van der Waals surface area contributed by atoms with Crippen LogP contribution >= 0.6 is 11.3 Å². The number of anilines is 1. The predicted octanol–water partition coefficient (Wildman–Crippen LogP) is 4.71. The molecule has 7 nitrogen and oxygen atoms in total. The number of hydrogen-bond acceptors (Lipinski definition) is 6. The van der Waals surface area contributed by atoms with E-state index < -0.39 is 5.82 Å². The highest BCUT2D eigenvalue weighted by Crippen LogP contribution is 2.35. The van der Waals surface area contributed by atoms with Gasteiger partial charge in [-0.3, -0.25) is 10.1 Å². The van der Waals surface area contributed by atoms with Crippen LogP contribution in [0.25, 0.3) is 16.9 Å². The van der Waals surface area contributed by atoms with Crippen LogP contribution in [0, 0.1) is 12.7 Å². The van der Waals surface area contributed by atoms with Gasteiger partial charge in [-0.1, -0.05) is 12.1 Å². The van der Waals surface area contributed by atoms with Gasteiger partial charge in [-0.2, -0.15) is 5.10 Å². The van der Waals surface area contributed by atoms with Crippen molar-refractivity contribution in [2.24, 2.45) is 0 Å². The summed E-state index contributed by atoms with van der Waals surface area (Å²) in [7, 11) is 3.17. The number of ether oxygens (including phenoxy) is 2. The van der Waals surface area contributed by atoms with Gasteiger partial charge >= 0.3 is 0 Å². The molecule has 0 aliphatic heterocycles. The van der Waals surface area contributed by atoms with Gasteiger partial charge < -0.3 is 9.47 Å². The molecule has 0 radical (unpaired) electrons. The zero-order valence-corrected chi connectivity index (χ0v) is 17.9. The number of rotatable bonds is 6. The normalized spacial score (nSPS) is 10.7. The van der Waals surface area contributed by atoms with E-state index in [-0.39, 0.29) is 11.6 Å². The zero-order chi connectivity index (χ0) is 22.0. The fraction of sp³-hybridized carbons (Fsp3) is 0.136. The molecule has 0 spiro atoms. The molecule has 1 N–H and O–H groups in total. The van der Waals surface area contributed by atoms with Gasteiger partial charge in [-0.15, -0.1) is 11.3 Å². The topological polar surface area (TPSA) is 78.3 Å². The minimum Gasteiger partial charge on any atom is -0.497 e. The van der Waals surface area contributed by atoms with Crippen molar-refractivity contribution in [1.82, 2.24) is 14.8 Å². The molecule has 2 aromatic heterocycles. The van der Waals surface area contributed by atoms with Gasteiger partial charge in [0.2, 0.25) is 0 Å². The van der Waals surface area contributed by atoms with E-state index in [0.29, 0.717) is 33.6 Å². The van der Waals surface area contributed by atoms with Crippen molar-refractivity contribution in [2.45, 2.75) is 6.92 Å². The Hall–Kier alpha value is -3.72. The maximum Gasteiger partial charge on any atom is 0.260 e. The van der Waals surface area contributed by atoms with Crippen LogP contribution in [0.3, 0.4) is 0 Å². The third-order valence-corrected chi connectivity index (χ3v) is 5.50. The van der Waals surface area contributed by atoms with Gasteiger partial charge in [-0.05, 0) is 37.3 Å². The highest BCUT2D eigenvalue weighted by Gasteiger charge is 2.19. The number of carbonyl (C=O) groups is 1. The molecule has 31 heavy (non-hydrogen) atoms. The summed E-state index contributed by atoms with van der Waals surface area (Å²) in [5.74, 6) is 0.521. The number of hydrogen-bond donors (Lipinski definition) is 1. The summed E-state index contributed by atoms with van der Waals surface area (Å²) in [6.07, 6.45) is 1.41. The maximum absolute atomic E-state index is 14.1. The van der Waals surface area contributed by atoms with E-state index in [0.717, 1.165) is 5.56 Å². The number of carbonyl (C=O) groups excluding carboxylic acids is 1. The quantitative estimate of drug-likeness (QED) is 0.472. The first kappa shape index (κ1) is 20.5. The minimum atomic E-state index is -0.419. The summed E-state index contributed by atoms with van der Waals surface area (Å²) >= 11 is 1.28. The van der Waals surface area contributed by atoms with E-state index in [1.54, 1.807) is 51.5 Å². The fourth-order valence-electron chi connectivity index (χ4n) is 3.13. The number of thiazole rings is 1. The second-order valence-corrected chi connectivity index (χ2v) is 7.42. The summed E-state index contributed by atoms with van der Waals surface area (Å²) in [6.45, 7) is 1.71. The van der Waals surface area contributed by atoms with Crippen LogP contribution in [0.2, 0.25) is 0 Å². The van der Waals surface area contributed by atoms with E-state index in [1.165, 1.54) is 28.3 Å². The third kappa shape index (κ3) is 3.99. The summed E-state index contributed by atoms with van der Waals surface area (Å²) in [4.78, 5) is 17.3. The van der Waals surface area contributed by atoms with Crippen molar-refractivity contribution >= 4 is 22.4 Å². The first-order valence-corrected chi connectivity index (χ1v) is 10.2. The number of nitrogens with one attached hydrogen (secondary N) is 1. The molecule has 4 rings (SSSR count). The second-order valence-electron chi connectivity index (χ2n) is 6.57. The van der Waals surface area contributed by atoms with Gasteiger partial charge in [0.15, 0.2) is 5.13 Å². The van der Waals surface area contributed by atoms with Crippen LogP contribution in [-0.4, -0.2) is 34.9 Å². The summed E-state index contributed by atoms with van der Waals surface area (Å²) < 4.78 is 26.2. The second kappa shape index (κ2) is 8.57. The van der Waals surface area contributed by atoms with Crippen LogP contribution in [-0.2, 0) is 0 Å². The Morgan fingerprint density at radius 2 is 1.97 bits per heavy atom. The van der Waals surface area contributed by atoms with Crippen molar-refractivity contribution in [3.8, 4) is 28.4 Å². The molecule has 4 aromatic rings. The lowest BCUT2D eigenvalue weighted by molar-refractivity contribution is 0.102. The van der Waals surface area contributed by atoms with E-state index in [1.807, 2.05) is 11.4 Å². The fourth-order valence-corrected chi connectivity index (χ4v) is 3.84. The lowest BCUT2D eigenvalue weighted by atomic mass is 10.1. The average molecular weight is 438 g/mol. The summed E-state index contributed by atoms with van der Waals surface area (Å²) in [5.41, 5.74) is 2.53. The van der Waals surface area contributed by atoms with Gasteiger partial charge in [0.25, 0.3) is 5.91 Å². The average Bonchev–Trinajstić information content (AvgIpc) is 3.40. The monoisotopic (exact) mass is 438 g/mol. The molecule has 2 heterocycles. The molecule has 0 atom stereocenters. The van der Waals surface area contributed by atoms with Gasteiger partial charge in [0.1, 0.15) is 23.0 Å². The molecule has 0 fully saturated rings. The van der Waals surface area contributed by atoms with Crippen LogP contribution in [0.1, 0.15) is 16.1 Å². The predicted molar refractivity (Wildman–Crippen MR) is 117 cm³/mol. The Labute approximate surface area is 182 Å². The van der Waals surface area contributed by atoms with Gasteiger partial charge in [0, 0.05) is 10.9 Å². The van der Waals surface area contributed by atoms with Crippen molar-refractivity contribution in [3.05, 3.63) is 71.1 Å². The minimum absolute atomic E-state index is 0.278. The first-order chi connectivity index (χ1) is 15.0. The van der Waals surface area contributed by atoms with Crippen molar-refractivity contribution < 1.29 is 18.7 Å². The molecular formula is C22H19FN4O3S. The highest BCUT2D eigenvalue weighted by atomic mass is 32.1. The molecule has 0 saturated heterocycles. The highest BCUT2D eigenvalue weighted by molar-refractivity contribution is 7.14. The SMILES string of the molecule is COc1ccc(OC)c(-c2csc(NC(=O)c3cnn(-c4ccccc4F)c3C)n2)c1. The smallest absolute Gasteiger partial charge is 0.260 e. The Morgan fingerprint density at radius 1 is 1.16 bits per heavy atom. The van der Waals surface area contributed by atoms with E-state index in [9.17, 15) is 9.18 Å². The molecule has 0 saturated carbocycles. The van der Waals surface area contributed by atoms with Crippen LogP contribution in [0.5, 0.6) is 11.5 Å². The van der Waals surface area contributed by atoms with Crippen LogP contribution in [0.15, 0.2) is 54.0 Å². The molecule has 1 amide bonds. The molecule has 2 aromatic carbocycles. The summed E-state index contributed by atoms with van der Waals surface area (Å²) in [5, 5.41) is 9.20. The number of amides is 1. The number of methoxy groups -OCH3 is 2. The standard InChI is InChI=1S/C22H19FN4O3S/c1-13-16(11-24-27(13)19-7-5-4-6-17(19)23)21(28)26-22-25-18(12-31-22)15-10-14(29-2)8-9-20(15)30-3/h4-12H,1-3H3,(H,25,26,28). The van der Waals surface area contributed by atoms with E-state index >= 15 is 0 Å². The van der Waals surface area contributed by atoms with Crippen LogP contribution < -0.4 is 14.8 Å². The molecule has 158 valence electrons. The lowest BCUT2D eigenvalue weighted by Crippen LogP contribution is -2.13. The number of aromatic nitrogens is 3. The van der Waals surface area contributed by atoms with Crippen molar-refractivity contribution in [1.29, 1.82) is 0 Å². The number of halogens is 1. The van der Waals surface area contributed by atoms with Crippen LogP contribution in [0.4, 0.5) is 9.52 Å². The molecule has 0 unspecified atom stereocenters.